The summed E-state index contributed by atoms with van der Waals surface area (Å²) in [5.74, 6) is -0.434. The van der Waals surface area contributed by atoms with E-state index in [2.05, 4.69) is 15.8 Å². The highest BCUT2D eigenvalue weighted by atomic mass is 16.5. The van der Waals surface area contributed by atoms with Crippen molar-refractivity contribution in [2.75, 3.05) is 0 Å². The smallest absolute Gasteiger partial charge is 0.265 e. The predicted molar refractivity (Wildman–Crippen MR) is 67.2 cm³/mol. The van der Waals surface area contributed by atoms with Gasteiger partial charge in [-0.15, -0.1) is 0 Å². The number of aromatic nitrogens is 1. The third-order valence-corrected chi connectivity index (χ3v) is 3.12. The van der Waals surface area contributed by atoms with Crippen molar-refractivity contribution in [3.63, 3.8) is 0 Å². The van der Waals surface area contributed by atoms with Crippen LogP contribution in [0.1, 0.15) is 17.3 Å². The molecule has 0 spiro atoms. The predicted octanol–water partition coefficient (Wildman–Crippen LogP) is -1.86. The van der Waals surface area contributed by atoms with Crippen molar-refractivity contribution in [1.29, 1.82) is 0 Å². The van der Waals surface area contributed by atoms with E-state index in [0.717, 1.165) is 0 Å². The van der Waals surface area contributed by atoms with Gasteiger partial charge in [0.1, 0.15) is 18.3 Å². The zero-order valence-electron chi connectivity index (χ0n) is 10.8. The fourth-order valence-corrected chi connectivity index (χ4v) is 1.88. The molecule has 1 aromatic heterocycles. The Bertz CT molecular complexity index is 458. The number of amides is 1. The maximum atomic E-state index is 11.8. The van der Waals surface area contributed by atoms with Crippen molar-refractivity contribution < 1.29 is 24.9 Å². The van der Waals surface area contributed by atoms with Gasteiger partial charge < -0.3 is 20.1 Å². The minimum Gasteiger partial charge on any atom is -0.388 e. The number of nitrogens with zero attached hydrogens (tertiary/aromatic N) is 1. The lowest BCUT2D eigenvalue weighted by Crippen LogP contribution is -2.63. The highest BCUT2D eigenvalue weighted by Crippen LogP contribution is 2.18. The van der Waals surface area contributed by atoms with E-state index in [1.807, 2.05) is 0 Å². The summed E-state index contributed by atoms with van der Waals surface area (Å²) in [6, 6.07) is 3.05. The molecule has 2 heterocycles. The maximum Gasteiger partial charge on any atom is 0.265 e. The van der Waals surface area contributed by atoms with Gasteiger partial charge in [0.05, 0.1) is 6.10 Å². The van der Waals surface area contributed by atoms with Crippen LogP contribution in [0.3, 0.4) is 0 Å². The van der Waals surface area contributed by atoms with Crippen LogP contribution in [0.25, 0.3) is 0 Å². The van der Waals surface area contributed by atoms with E-state index in [0.29, 0.717) is 5.56 Å². The number of ether oxygens (including phenoxy) is 1. The van der Waals surface area contributed by atoms with Crippen molar-refractivity contribution in [3.8, 4) is 0 Å². The van der Waals surface area contributed by atoms with Crippen LogP contribution in [-0.2, 0) is 4.74 Å². The molecule has 110 valence electrons. The van der Waals surface area contributed by atoms with E-state index >= 15 is 0 Å². The van der Waals surface area contributed by atoms with Gasteiger partial charge in [-0.25, -0.2) is 5.43 Å². The number of aliphatic hydroxyl groups excluding tert-OH is 3. The summed E-state index contributed by atoms with van der Waals surface area (Å²) in [5, 5.41) is 28.9. The molecule has 8 nitrogen and oxygen atoms in total. The van der Waals surface area contributed by atoms with E-state index < -0.39 is 36.6 Å². The van der Waals surface area contributed by atoms with Crippen molar-refractivity contribution in [3.05, 3.63) is 30.1 Å². The lowest BCUT2D eigenvalue weighted by molar-refractivity contribution is -0.226. The molecule has 0 aliphatic carbocycles. The number of hydrogen-bond acceptors (Lipinski definition) is 7. The molecule has 8 heteroatoms. The molecule has 1 fully saturated rings. The summed E-state index contributed by atoms with van der Waals surface area (Å²) in [6.07, 6.45) is -2.64. The van der Waals surface area contributed by atoms with Crippen molar-refractivity contribution in [2.24, 2.45) is 0 Å². The van der Waals surface area contributed by atoms with Gasteiger partial charge in [-0.2, -0.15) is 0 Å². The van der Waals surface area contributed by atoms with E-state index in [4.69, 9.17) is 4.74 Å². The van der Waals surface area contributed by atoms with E-state index in [1.54, 1.807) is 6.92 Å². The Morgan fingerprint density at radius 3 is 2.50 bits per heavy atom. The fraction of sp³-hybridized carbons (Fsp3) is 0.500. The van der Waals surface area contributed by atoms with Gasteiger partial charge in [-0.3, -0.25) is 15.2 Å². The Morgan fingerprint density at radius 1 is 1.20 bits per heavy atom. The SMILES string of the molecule is C[C@@H]1O[C@H](NNC(=O)c2ccncc2)[C@H](O)[C@@H](O)[C@H]1O. The fourth-order valence-electron chi connectivity index (χ4n) is 1.88. The molecule has 0 aromatic carbocycles. The second kappa shape index (κ2) is 6.25. The molecule has 1 aliphatic heterocycles. The van der Waals surface area contributed by atoms with Gasteiger partial charge in [0.15, 0.2) is 6.23 Å². The number of rotatable bonds is 3. The molecule has 1 aromatic rings. The van der Waals surface area contributed by atoms with Crippen molar-refractivity contribution in [1.82, 2.24) is 15.8 Å². The van der Waals surface area contributed by atoms with Gasteiger partial charge in [0, 0.05) is 18.0 Å². The highest BCUT2D eigenvalue weighted by molar-refractivity contribution is 5.93. The monoisotopic (exact) mass is 283 g/mol. The highest BCUT2D eigenvalue weighted by Gasteiger charge is 2.41. The molecule has 0 saturated carbocycles. The zero-order chi connectivity index (χ0) is 14.7. The topological polar surface area (TPSA) is 124 Å². The summed E-state index contributed by atoms with van der Waals surface area (Å²) in [4.78, 5) is 15.6. The number of nitrogens with one attached hydrogen (secondary N) is 2. The second-order valence-electron chi connectivity index (χ2n) is 4.57. The first-order valence-corrected chi connectivity index (χ1v) is 6.16. The van der Waals surface area contributed by atoms with Crippen molar-refractivity contribution >= 4 is 5.91 Å². The van der Waals surface area contributed by atoms with Crippen LogP contribution in [0.15, 0.2) is 24.5 Å². The average molecular weight is 283 g/mol. The standard InChI is InChI=1S/C12H17N3O5/c1-6-8(16)9(17)10(18)12(20-6)15-14-11(19)7-2-4-13-5-3-7/h2-6,8-10,12,15-18H,1H3,(H,14,19)/t6-,8-,9-,10+,12-/m0/s1. The van der Waals surface area contributed by atoms with Crippen LogP contribution in [0, 0.1) is 0 Å². The molecule has 5 atom stereocenters. The van der Waals surface area contributed by atoms with E-state index in [-0.39, 0.29) is 0 Å². The van der Waals surface area contributed by atoms with Gasteiger partial charge >= 0.3 is 0 Å². The van der Waals surface area contributed by atoms with Gasteiger partial charge in [-0.05, 0) is 19.1 Å². The molecule has 1 amide bonds. The minimum atomic E-state index is -1.36. The number of aliphatic hydroxyl groups is 3. The third-order valence-electron chi connectivity index (χ3n) is 3.12. The summed E-state index contributed by atoms with van der Waals surface area (Å²) in [6.45, 7) is 1.55. The number of hydrazine groups is 1. The molecule has 0 bridgehead atoms. The molecular formula is C12H17N3O5. The van der Waals surface area contributed by atoms with Gasteiger partial charge in [0.2, 0.25) is 0 Å². The molecule has 2 rings (SSSR count). The molecule has 5 N–H and O–H groups in total. The minimum absolute atomic E-state index is 0.381. The van der Waals surface area contributed by atoms with Gasteiger partial charge in [0.25, 0.3) is 5.91 Å². The Hall–Kier alpha value is -1.58. The molecule has 0 unspecified atom stereocenters. The summed E-state index contributed by atoms with van der Waals surface area (Å²) in [5.41, 5.74) is 5.23. The maximum absolute atomic E-state index is 11.8. The first kappa shape index (κ1) is 14.8. The number of carbonyl (C=O) groups excluding carboxylic acids is 1. The summed E-state index contributed by atoms with van der Waals surface area (Å²) < 4.78 is 5.27. The molecule has 1 aliphatic rings. The van der Waals surface area contributed by atoms with Crippen molar-refractivity contribution in [2.45, 2.75) is 37.6 Å². The Kier molecular flexibility index (Phi) is 4.63. The normalized spacial score (nSPS) is 33.7. The molecule has 0 radical (unpaired) electrons. The number of hydrogen-bond donors (Lipinski definition) is 5. The van der Waals surface area contributed by atoms with Crippen LogP contribution in [0.2, 0.25) is 0 Å². The first-order valence-electron chi connectivity index (χ1n) is 6.16. The van der Waals surface area contributed by atoms with E-state index in [9.17, 15) is 20.1 Å². The Balaban J connectivity index is 1.92. The molecule has 20 heavy (non-hydrogen) atoms. The third kappa shape index (κ3) is 3.11. The molecular weight excluding hydrogens is 266 g/mol. The van der Waals surface area contributed by atoms with Gasteiger partial charge in [-0.1, -0.05) is 0 Å². The largest absolute Gasteiger partial charge is 0.388 e. The van der Waals surface area contributed by atoms with Crippen LogP contribution >= 0.6 is 0 Å². The zero-order valence-corrected chi connectivity index (χ0v) is 10.8. The second-order valence-corrected chi connectivity index (χ2v) is 4.57. The lowest BCUT2D eigenvalue weighted by atomic mass is 9.99. The van der Waals surface area contributed by atoms with E-state index in [1.165, 1.54) is 24.5 Å². The lowest BCUT2D eigenvalue weighted by Gasteiger charge is -2.39. The summed E-state index contributed by atoms with van der Waals surface area (Å²) in [7, 11) is 0. The quantitative estimate of drug-likeness (QED) is 0.412. The molecule has 1 saturated heterocycles. The van der Waals surface area contributed by atoms with Crippen LogP contribution in [-0.4, -0.2) is 56.9 Å². The van der Waals surface area contributed by atoms with Crippen LogP contribution in [0.5, 0.6) is 0 Å². The summed E-state index contributed by atoms with van der Waals surface area (Å²) >= 11 is 0. The Morgan fingerprint density at radius 2 is 1.85 bits per heavy atom. The number of pyridine rings is 1. The number of carbonyl (C=O) groups is 1. The van der Waals surface area contributed by atoms with Crippen LogP contribution in [0.4, 0.5) is 0 Å². The van der Waals surface area contributed by atoms with Crippen LogP contribution < -0.4 is 10.9 Å². The first-order chi connectivity index (χ1) is 9.50. The average Bonchev–Trinajstić information content (AvgIpc) is 2.48. The Labute approximate surface area is 115 Å².